The summed E-state index contributed by atoms with van der Waals surface area (Å²) in [5, 5.41) is 6.42. The van der Waals surface area contributed by atoms with Gasteiger partial charge in [-0.15, -0.1) is 0 Å². The standard InChI is InChI=1S/C33H31N3O6/c1-17-10-12-18(13-11-17)28-25(31(39)34-5)22-15-21(19-8-7-9-20(14-19)30(38)36-33(2,3)4)26-24(29(22)42-28)23(16-35-26)27(37)32(40)41-6/h7-16,35H,1-6H3,(H,34,39)(H,36,38). The van der Waals surface area contributed by atoms with E-state index in [4.69, 9.17) is 9.15 Å². The van der Waals surface area contributed by atoms with Crippen LogP contribution in [0.15, 0.2) is 65.2 Å². The lowest BCUT2D eigenvalue weighted by Gasteiger charge is -2.20. The normalized spacial score (nSPS) is 11.5. The van der Waals surface area contributed by atoms with Gasteiger partial charge in [-0.1, -0.05) is 42.0 Å². The molecule has 0 aliphatic rings. The minimum atomic E-state index is -1.04. The molecule has 0 aliphatic heterocycles. The highest BCUT2D eigenvalue weighted by atomic mass is 16.5. The maximum Gasteiger partial charge on any atom is 0.379 e. The number of nitrogens with one attached hydrogen (secondary N) is 3. The number of ether oxygens (including phenoxy) is 1. The predicted molar refractivity (Wildman–Crippen MR) is 161 cm³/mol. The quantitative estimate of drug-likeness (QED) is 0.136. The molecule has 2 amide bonds. The molecule has 0 saturated heterocycles. The number of furan rings is 1. The molecule has 0 fully saturated rings. The Morgan fingerprint density at radius 3 is 2.29 bits per heavy atom. The van der Waals surface area contributed by atoms with E-state index in [2.05, 4.69) is 15.6 Å². The van der Waals surface area contributed by atoms with Gasteiger partial charge in [0.2, 0.25) is 0 Å². The number of fused-ring (bicyclic) bond motifs is 3. The fraction of sp³-hybridized carbons (Fsp3) is 0.212. The van der Waals surface area contributed by atoms with Crippen LogP contribution in [0.4, 0.5) is 0 Å². The summed E-state index contributed by atoms with van der Waals surface area (Å²) in [6.07, 6.45) is 1.43. The fourth-order valence-corrected chi connectivity index (χ4v) is 4.96. The lowest BCUT2D eigenvalue weighted by atomic mass is 9.95. The highest BCUT2D eigenvalue weighted by Gasteiger charge is 2.29. The van der Waals surface area contributed by atoms with Crippen LogP contribution in [-0.2, 0) is 9.53 Å². The molecule has 9 nitrogen and oxygen atoms in total. The van der Waals surface area contributed by atoms with E-state index < -0.39 is 17.3 Å². The zero-order valence-corrected chi connectivity index (χ0v) is 24.2. The van der Waals surface area contributed by atoms with Gasteiger partial charge in [0.1, 0.15) is 11.3 Å². The fourth-order valence-electron chi connectivity index (χ4n) is 4.96. The van der Waals surface area contributed by atoms with Gasteiger partial charge >= 0.3 is 5.97 Å². The molecule has 2 aromatic heterocycles. The Labute approximate surface area is 242 Å². The summed E-state index contributed by atoms with van der Waals surface area (Å²) in [5.74, 6) is -2.21. The van der Waals surface area contributed by atoms with E-state index in [0.717, 1.165) is 12.7 Å². The first kappa shape index (κ1) is 28.4. The number of hydrogen-bond donors (Lipinski definition) is 3. The van der Waals surface area contributed by atoms with Crippen LogP contribution < -0.4 is 10.6 Å². The maximum atomic E-state index is 13.3. The van der Waals surface area contributed by atoms with Crippen LogP contribution in [0.25, 0.3) is 44.3 Å². The SMILES string of the molecule is CNC(=O)c1c(-c2ccc(C)cc2)oc2c1cc(-c1cccc(C(=O)NC(C)(C)C)c1)c1[nH]cc(C(=O)C(=O)OC)c12. The topological polar surface area (TPSA) is 130 Å². The van der Waals surface area contributed by atoms with Crippen LogP contribution in [0.1, 0.15) is 57.4 Å². The van der Waals surface area contributed by atoms with E-state index in [1.807, 2.05) is 58.0 Å². The summed E-state index contributed by atoms with van der Waals surface area (Å²) in [4.78, 5) is 55.0. The Hall–Kier alpha value is -5.18. The van der Waals surface area contributed by atoms with Crippen LogP contribution in [0.3, 0.4) is 0 Å². The first-order chi connectivity index (χ1) is 19.9. The Balaban J connectivity index is 1.86. The summed E-state index contributed by atoms with van der Waals surface area (Å²) >= 11 is 0. The van der Waals surface area contributed by atoms with Crippen LogP contribution in [0.5, 0.6) is 0 Å². The number of carbonyl (C=O) groups excluding carboxylic acids is 4. The zero-order chi connectivity index (χ0) is 30.3. The van der Waals surface area contributed by atoms with E-state index in [1.54, 1.807) is 24.3 Å². The van der Waals surface area contributed by atoms with Crippen molar-refractivity contribution in [3.05, 3.63) is 83.0 Å². The number of aromatic nitrogens is 1. The molecule has 3 N–H and O–H groups in total. The molecular weight excluding hydrogens is 534 g/mol. The Morgan fingerprint density at radius 2 is 1.64 bits per heavy atom. The lowest BCUT2D eigenvalue weighted by Crippen LogP contribution is -2.40. The number of benzene rings is 3. The molecule has 0 unspecified atom stereocenters. The van der Waals surface area contributed by atoms with Gasteiger partial charge in [0.15, 0.2) is 0 Å². The lowest BCUT2D eigenvalue weighted by molar-refractivity contribution is -0.135. The molecule has 42 heavy (non-hydrogen) atoms. The van der Waals surface area contributed by atoms with E-state index in [1.165, 1.54) is 13.2 Å². The van der Waals surface area contributed by atoms with Gasteiger partial charge in [-0.25, -0.2) is 4.79 Å². The first-order valence-corrected chi connectivity index (χ1v) is 13.4. The number of esters is 1. The smallest absolute Gasteiger partial charge is 0.379 e. The van der Waals surface area contributed by atoms with Crippen LogP contribution in [-0.4, -0.2) is 48.2 Å². The molecule has 0 aliphatic carbocycles. The number of Topliss-reactive ketones (excluding diaryl/α,β-unsaturated/α-hetero) is 1. The highest BCUT2D eigenvalue weighted by Crippen LogP contribution is 2.43. The molecule has 5 rings (SSSR count). The van der Waals surface area contributed by atoms with Crippen LogP contribution in [0.2, 0.25) is 0 Å². The number of aryl methyl sites for hydroxylation is 1. The molecule has 3 aromatic carbocycles. The Morgan fingerprint density at radius 1 is 0.929 bits per heavy atom. The van der Waals surface area contributed by atoms with E-state index >= 15 is 0 Å². The van der Waals surface area contributed by atoms with Crippen molar-refractivity contribution < 1.29 is 28.3 Å². The van der Waals surface area contributed by atoms with E-state index in [9.17, 15) is 19.2 Å². The second-order valence-corrected chi connectivity index (χ2v) is 11.1. The summed E-state index contributed by atoms with van der Waals surface area (Å²) in [6.45, 7) is 7.65. The van der Waals surface area contributed by atoms with Crippen molar-refractivity contribution in [2.24, 2.45) is 0 Å². The minimum absolute atomic E-state index is 0.0398. The Bertz CT molecular complexity index is 1890. The number of ketones is 1. The number of rotatable bonds is 6. The van der Waals surface area contributed by atoms with Gasteiger partial charge < -0.3 is 24.8 Å². The van der Waals surface area contributed by atoms with Gasteiger partial charge in [0.25, 0.3) is 17.6 Å². The Kier molecular flexibility index (Phi) is 7.20. The molecule has 0 saturated carbocycles. The minimum Gasteiger partial charge on any atom is -0.463 e. The number of hydrogen-bond acceptors (Lipinski definition) is 6. The summed E-state index contributed by atoms with van der Waals surface area (Å²) < 4.78 is 11.1. The van der Waals surface area contributed by atoms with Gasteiger partial charge in [-0.2, -0.15) is 0 Å². The van der Waals surface area contributed by atoms with Crippen molar-refractivity contribution in [1.29, 1.82) is 0 Å². The molecule has 2 heterocycles. The third kappa shape index (κ3) is 5.05. The number of methoxy groups -OCH3 is 1. The molecule has 5 aromatic rings. The average molecular weight is 566 g/mol. The van der Waals surface area contributed by atoms with Crippen molar-refractivity contribution >= 4 is 45.4 Å². The van der Waals surface area contributed by atoms with Crippen molar-refractivity contribution in [1.82, 2.24) is 15.6 Å². The number of H-pyrrole nitrogens is 1. The van der Waals surface area contributed by atoms with Gasteiger partial charge in [-0.3, -0.25) is 14.4 Å². The second kappa shape index (κ2) is 10.7. The van der Waals surface area contributed by atoms with Crippen molar-refractivity contribution in [3.63, 3.8) is 0 Å². The maximum absolute atomic E-state index is 13.3. The van der Waals surface area contributed by atoms with E-state index in [0.29, 0.717) is 44.3 Å². The molecular formula is C33H31N3O6. The van der Waals surface area contributed by atoms with Gasteiger partial charge in [0, 0.05) is 40.9 Å². The molecule has 0 atom stereocenters. The predicted octanol–water partition coefficient (Wildman–Crippen LogP) is 5.80. The molecule has 0 bridgehead atoms. The van der Waals surface area contributed by atoms with Crippen LogP contribution >= 0.6 is 0 Å². The van der Waals surface area contributed by atoms with Crippen molar-refractivity contribution in [3.8, 4) is 22.5 Å². The van der Waals surface area contributed by atoms with Crippen molar-refractivity contribution in [2.45, 2.75) is 33.2 Å². The molecule has 0 spiro atoms. The molecule has 0 radical (unpaired) electrons. The molecule has 214 valence electrons. The molecule has 9 heteroatoms. The summed E-state index contributed by atoms with van der Waals surface area (Å²) in [5.41, 5.74) is 4.04. The van der Waals surface area contributed by atoms with E-state index in [-0.39, 0.29) is 28.5 Å². The monoisotopic (exact) mass is 565 g/mol. The number of amides is 2. The van der Waals surface area contributed by atoms with Gasteiger partial charge in [0.05, 0.1) is 29.1 Å². The first-order valence-electron chi connectivity index (χ1n) is 13.4. The zero-order valence-electron chi connectivity index (χ0n) is 24.2. The van der Waals surface area contributed by atoms with Crippen molar-refractivity contribution in [2.75, 3.05) is 14.2 Å². The van der Waals surface area contributed by atoms with Crippen LogP contribution in [0, 0.1) is 6.92 Å². The number of carbonyl (C=O) groups is 4. The summed E-state index contributed by atoms with van der Waals surface area (Å²) in [7, 11) is 2.66. The third-order valence-corrected chi connectivity index (χ3v) is 6.92. The average Bonchev–Trinajstić information content (AvgIpc) is 3.57. The van der Waals surface area contributed by atoms with Gasteiger partial charge in [-0.05, 0) is 51.5 Å². The second-order valence-electron chi connectivity index (χ2n) is 11.1. The number of aromatic amines is 1. The summed E-state index contributed by atoms with van der Waals surface area (Å²) in [6, 6.07) is 16.4. The third-order valence-electron chi connectivity index (χ3n) is 6.92. The largest absolute Gasteiger partial charge is 0.463 e. The highest BCUT2D eigenvalue weighted by molar-refractivity contribution is 6.44.